The van der Waals surface area contributed by atoms with E-state index in [4.69, 9.17) is 0 Å². The molecule has 74 heavy (non-hydrogen) atoms. The fourth-order valence-electron chi connectivity index (χ4n) is 12.5. The highest BCUT2D eigenvalue weighted by atomic mass is 15.2. The molecule has 4 heteroatoms. The fourth-order valence-corrected chi connectivity index (χ4v) is 12.5. The van der Waals surface area contributed by atoms with Crippen molar-refractivity contribution in [1.82, 2.24) is 0 Å². The number of nitrogens with zero attached hydrogens (tertiary/aromatic N) is 3. The smallest absolute Gasteiger partial charge is 0.252 e. The summed E-state index contributed by atoms with van der Waals surface area (Å²) in [6.07, 6.45) is 0. The lowest BCUT2D eigenvalue weighted by Gasteiger charge is -2.45. The van der Waals surface area contributed by atoms with Crippen molar-refractivity contribution in [3.05, 3.63) is 202 Å². The van der Waals surface area contributed by atoms with Gasteiger partial charge in [0.25, 0.3) is 6.71 Å². The highest BCUT2D eigenvalue weighted by Gasteiger charge is 2.45. The maximum Gasteiger partial charge on any atom is 0.252 e. The van der Waals surface area contributed by atoms with Gasteiger partial charge in [-0.2, -0.15) is 0 Å². The SMILES string of the molecule is Cc1cc2c3c(c1)N(c1ccc4c(c1)C(C)(C)c1ccccc1-4)c1cc(C(C)(C)C)ccc1B3c1ccc(N(c3ccc(C(C)(C)C)cc3)c3c(C)cc(C(C)(C)C)cc3C)cc1N2c1ccc(C(C)(C)C)cc1. The zero-order valence-corrected chi connectivity index (χ0v) is 47.4. The lowest BCUT2D eigenvalue weighted by Crippen LogP contribution is -2.61. The van der Waals surface area contributed by atoms with Gasteiger partial charge in [-0.25, -0.2) is 0 Å². The molecule has 0 aromatic heterocycles. The summed E-state index contributed by atoms with van der Waals surface area (Å²) < 4.78 is 0. The molecule has 8 aromatic carbocycles. The first-order valence-electron chi connectivity index (χ1n) is 27.1. The van der Waals surface area contributed by atoms with Gasteiger partial charge in [-0.15, -0.1) is 0 Å². The van der Waals surface area contributed by atoms with Gasteiger partial charge in [0.1, 0.15) is 0 Å². The summed E-state index contributed by atoms with van der Waals surface area (Å²) in [5.41, 5.74) is 29.2. The molecule has 2 heterocycles. The molecule has 0 bridgehead atoms. The van der Waals surface area contributed by atoms with Gasteiger partial charge in [0.2, 0.25) is 0 Å². The van der Waals surface area contributed by atoms with Crippen LogP contribution in [0.15, 0.2) is 152 Å². The van der Waals surface area contributed by atoms with Crippen LogP contribution in [0.5, 0.6) is 0 Å². The number of benzene rings is 8. The molecule has 3 aliphatic rings. The Balaban J connectivity index is 1.19. The summed E-state index contributed by atoms with van der Waals surface area (Å²) >= 11 is 0. The number of hydrogen-bond donors (Lipinski definition) is 0. The molecule has 0 saturated carbocycles. The molecule has 0 fully saturated rings. The first kappa shape index (κ1) is 49.4. The molecule has 3 nitrogen and oxygen atoms in total. The molecule has 374 valence electrons. The van der Waals surface area contributed by atoms with Crippen LogP contribution in [-0.2, 0) is 27.1 Å². The van der Waals surface area contributed by atoms with E-state index in [0.29, 0.717) is 0 Å². The predicted octanol–water partition coefficient (Wildman–Crippen LogP) is 17.7. The van der Waals surface area contributed by atoms with Crippen molar-refractivity contribution in [2.24, 2.45) is 0 Å². The van der Waals surface area contributed by atoms with E-state index in [1.165, 1.54) is 112 Å². The molecule has 2 aliphatic heterocycles. The van der Waals surface area contributed by atoms with E-state index >= 15 is 0 Å². The molecule has 8 aromatic rings. The average Bonchev–Trinajstić information content (AvgIpc) is 3.56. The van der Waals surface area contributed by atoms with Gasteiger partial charge in [0.15, 0.2) is 0 Å². The molecular weight excluding hydrogens is 894 g/mol. The molecule has 0 spiro atoms. The van der Waals surface area contributed by atoms with Crippen LogP contribution in [-0.4, -0.2) is 6.71 Å². The van der Waals surface area contributed by atoms with Gasteiger partial charge in [-0.3, -0.25) is 0 Å². The van der Waals surface area contributed by atoms with Crippen molar-refractivity contribution in [3.63, 3.8) is 0 Å². The molecule has 0 N–H and O–H groups in total. The van der Waals surface area contributed by atoms with Crippen molar-refractivity contribution >= 4 is 74.3 Å². The third-order valence-electron chi connectivity index (χ3n) is 16.7. The van der Waals surface area contributed by atoms with Crippen LogP contribution in [0.25, 0.3) is 11.1 Å². The van der Waals surface area contributed by atoms with Crippen molar-refractivity contribution < 1.29 is 0 Å². The summed E-state index contributed by atoms with van der Waals surface area (Å²) in [7, 11) is 0. The Kier molecular flexibility index (Phi) is 11.3. The van der Waals surface area contributed by atoms with E-state index in [1.54, 1.807) is 0 Å². The minimum Gasteiger partial charge on any atom is -0.311 e. The van der Waals surface area contributed by atoms with Crippen LogP contribution in [0, 0.1) is 20.8 Å². The summed E-state index contributed by atoms with van der Waals surface area (Å²) in [5, 5.41) is 0. The Morgan fingerprint density at radius 3 is 1.46 bits per heavy atom. The zero-order valence-electron chi connectivity index (χ0n) is 47.4. The highest BCUT2D eigenvalue weighted by Crippen LogP contribution is 2.53. The number of fused-ring (bicyclic) bond motifs is 7. The van der Waals surface area contributed by atoms with Crippen molar-refractivity contribution in [1.29, 1.82) is 0 Å². The largest absolute Gasteiger partial charge is 0.311 e. The minimum absolute atomic E-state index is 0.0146. The normalized spacial score (nSPS) is 14.6. The molecule has 0 saturated heterocycles. The third-order valence-corrected chi connectivity index (χ3v) is 16.7. The predicted molar refractivity (Wildman–Crippen MR) is 322 cm³/mol. The lowest BCUT2D eigenvalue weighted by atomic mass is 9.33. The second kappa shape index (κ2) is 16.9. The maximum atomic E-state index is 2.61. The molecule has 11 rings (SSSR count). The number of anilines is 9. The molecular formula is C70H76BN3. The number of rotatable bonds is 5. The van der Waals surface area contributed by atoms with Gasteiger partial charge >= 0.3 is 0 Å². The summed E-state index contributed by atoms with van der Waals surface area (Å²) in [4.78, 5) is 7.73. The number of aryl methyl sites for hydroxylation is 3. The van der Waals surface area contributed by atoms with Crippen LogP contribution >= 0.6 is 0 Å². The molecule has 0 radical (unpaired) electrons. The Morgan fingerprint density at radius 2 is 0.878 bits per heavy atom. The van der Waals surface area contributed by atoms with E-state index in [1.807, 2.05) is 0 Å². The molecule has 1 aliphatic carbocycles. The van der Waals surface area contributed by atoms with Crippen molar-refractivity contribution in [2.75, 3.05) is 14.7 Å². The van der Waals surface area contributed by atoms with Gasteiger partial charge in [0.05, 0.1) is 5.69 Å². The van der Waals surface area contributed by atoms with Crippen molar-refractivity contribution in [3.8, 4) is 11.1 Å². The summed E-state index contributed by atoms with van der Waals surface area (Å²) in [6, 6.07) is 59.5. The summed E-state index contributed by atoms with van der Waals surface area (Å²) in [5.74, 6) is 0. The molecule has 0 unspecified atom stereocenters. The Labute approximate surface area is 444 Å². The van der Waals surface area contributed by atoms with Gasteiger partial charge in [-0.1, -0.05) is 182 Å². The van der Waals surface area contributed by atoms with Gasteiger partial charge in [0, 0.05) is 50.9 Å². The van der Waals surface area contributed by atoms with Crippen LogP contribution in [0.4, 0.5) is 51.2 Å². The Morgan fingerprint density at radius 1 is 0.405 bits per heavy atom. The van der Waals surface area contributed by atoms with Crippen LogP contribution in [0.2, 0.25) is 0 Å². The standard InChI is InChI=1S/C70H76BN3/c1-43-36-62-64-63(37-43)74(52-31-33-55-54-20-18-19-21-56(54)70(16,17)57(55)41-52)60-40-48(68(10,11)12)26-34-58(60)71(64)59-35-32-53(42-61(59)73(62)51-29-24-47(25-30-51)67(7,8)9)72(50-27-22-46(23-28-50)66(4,5)6)65-44(2)38-49(39-45(65)3)69(13,14)15/h18-42H,1-17H3. The van der Waals surface area contributed by atoms with E-state index in [2.05, 4.69) is 284 Å². The first-order valence-corrected chi connectivity index (χ1v) is 27.1. The Bertz CT molecular complexity index is 3520. The van der Waals surface area contributed by atoms with E-state index < -0.39 is 0 Å². The van der Waals surface area contributed by atoms with E-state index in [0.717, 1.165) is 17.1 Å². The van der Waals surface area contributed by atoms with Crippen LogP contribution < -0.4 is 31.1 Å². The van der Waals surface area contributed by atoms with Gasteiger partial charge in [-0.05, 0) is 187 Å². The van der Waals surface area contributed by atoms with Crippen LogP contribution in [0.1, 0.15) is 147 Å². The second-order valence-electron chi connectivity index (χ2n) is 26.6. The highest BCUT2D eigenvalue weighted by molar-refractivity contribution is 7.00. The van der Waals surface area contributed by atoms with Crippen molar-refractivity contribution in [2.45, 2.75) is 145 Å². The lowest BCUT2D eigenvalue weighted by molar-refractivity contribution is 0.589. The van der Waals surface area contributed by atoms with Gasteiger partial charge < -0.3 is 14.7 Å². The van der Waals surface area contributed by atoms with E-state index in [9.17, 15) is 0 Å². The monoisotopic (exact) mass is 970 g/mol. The summed E-state index contributed by atoms with van der Waals surface area (Å²) in [6.45, 7) is 39.5. The zero-order chi connectivity index (χ0) is 52.8. The topological polar surface area (TPSA) is 9.72 Å². The quantitative estimate of drug-likeness (QED) is 0.159. The average molecular weight is 970 g/mol. The van der Waals surface area contributed by atoms with Crippen LogP contribution in [0.3, 0.4) is 0 Å². The van der Waals surface area contributed by atoms with E-state index in [-0.39, 0.29) is 33.8 Å². The maximum absolute atomic E-state index is 2.61. The second-order valence-corrected chi connectivity index (χ2v) is 26.6. The minimum atomic E-state index is -0.136. The number of hydrogen-bond acceptors (Lipinski definition) is 3. The molecule has 0 atom stereocenters. The Hall–Kier alpha value is -6.78. The third kappa shape index (κ3) is 8.01. The first-order chi connectivity index (χ1) is 34.7. The molecule has 0 amide bonds. The fraction of sp³-hybridized carbons (Fsp3) is 0.314.